The Balaban J connectivity index is 1.26. The third kappa shape index (κ3) is 4.52. The van der Waals surface area contributed by atoms with Gasteiger partial charge in [0.25, 0.3) is 0 Å². The molecule has 4 heteroatoms. The van der Waals surface area contributed by atoms with Crippen LogP contribution in [0.15, 0.2) is 48.5 Å². The summed E-state index contributed by atoms with van der Waals surface area (Å²) in [6, 6.07) is 16.5. The van der Waals surface area contributed by atoms with Crippen molar-refractivity contribution in [1.82, 2.24) is 4.90 Å². The van der Waals surface area contributed by atoms with Gasteiger partial charge in [0, 0.05) is 18.8 Å². The van der Waals surface area contributed by atoms with Gasteiger partial charge in [0.2, 0.25) is 11.8 Å². The van der Waals surface area contributed by atoms with Crippen LogP contribution in [0.5, 0.6) is 0 Å². The van der Waals surface area contributed by atoms with Crippen LogP contribution in [0.4, 0.5) is 5.69 Å². The first-order chi connectivity index (χ1) is 14.0. The predicted molar refractivity (Wildman–Crippen MR) is 116 cm³/mol. The first kappa shape index (κ1) is 19.7. The van der Waals surface area contributed by atoms with Gasteiger partial charge >= 0.3 is 0 Å². The van der Waals surface area contributed by atoms with Crippen LogP contribution < -0.4 is 5.32 Å². The number of carbonyl (C=O) groups excluding carboxylic acids is 2. The summed E-state index contributed by atoms with van der Waals surface area (Å²) in [5.41, 5.74) is 4.48. The van der Waals surface area contributed by atoms with E-state index >= 15 is 0 Å². The van der Waals surface area contributed by atoms with Gasteiger partial charge in [-0.25, -0.2) is 0 Å². The third-order valence-corrected chi connectivity index (χ3v) is 6.60. The van der Waals surface area contributed by atoms with Gasteiger partial charge in [0.05, 0.1) is 11.8 Å². The normalized spacial score (nSPS) is 21.7. The molecular formula is C25H30N2O2. The standard InChI is InChI=1S/C25H30N2O2/c1-17-7-6-10-23(18(17)2)26-24(28)21-16-22(21)25(29)27-13-11-20(12-14-27)15-19-8-4-3-5-9-19/h3-10,20-22H,11-16H2,1-2H3,(H,26,28). The Morgan fingerprint density at radius 2 is 1.69 bits per heavy atom. The number of anilines is 1. The second-order valence-corrected chi connectivity index (χ2v) is 8.64. The van der Waals surface area contributed by atoms with Crippen molar-refractivity contribution < 1.29 is 9.59 Å². The van der Waals surface area contributed by atoms with Crippen molar-refractivity contribution in [2.45, 2.75) is 39.5 Å². The van der Waals surface area contributed by atoms with E-state index in [0.717, 1.165) is 49.2 Å². The SMILES string of the molecule is Cc1cccc(NC(=O)C2CC2C(=O)N2CCC(Cc3ccccc3)CC2)c1C. The summed E-state index contributed by atoms with van der Waals surface area (Å²) in [7, 11) is 0. The Hall–Kier alpha value is -2.62. The molecule has 2 atom stereocenters. The van der Waals surface area contributed by atoms with E-state index in [1.54, 1.807) is 0 Å². The lowest BCUT2D eigenvalue weighted by atomic mass is 9.90. The lowest BCUT2D eigenvalue weighted by Crippen LogP contribution is -2.40. The molecule has 0 aromatic heterocycles. The minimum absolute atomic E-state index is 0.0176. The fourth-order valence-corrected chi connectivity index (χ4v) is 4.41. The van der Waals surface area contributed by atoms with Gasteiger partial charge in [-0.1, -0.05) is 42.5 Å². The van der Waals surface area contributed by atoms with Crippen LogP contribution >= 0.6 is 0 Å². The van der Waals surface area contributed by atoms with Crippen LogP contribution in [0, 0.1) is 31.6 Å². The molecular weight excluding hydrogens is 360 g/mol. The lowest BCUT2D eigenvalue weighted by molar-refractivity contribution is -0.135. The van der Waals surface area contributed by atoms with Crippen LogP contribution in [-0.4, -0.2) is 29.8 Å². The molecule has 2 aliphatic rings. The Morgan fingerprint density at radius 3 is 2.41 bits per heavy atom. The third-order valence-electron chi connectivity index (χ3n) is 6.60. The van der Waals surface area contributed by atoms with E-state index in [2.05, 4.69) is 29.6 Å². The van der Waals surface area contributed by atoms with Crippen LogP contribution in [0.25, 0.3) is 0 Å². The minimum atomic E-state index is -0.176. The molecule has 2 unspecified atom stereocenters. The van der Waals surface area contributed by atoms with Crippen LogP contribution in [0.3, 0.4) is 0 Å². The number of benzene rings is 2. The van der Waals surface area contributed by atoms with Gasteiger partial charge in [0.1, 0.15) is 0 Å². The first-order valence-corrected chi connectivity index (χ1v) is 10.7. The Morgan fingerprint density at radius 1 is 0.966 bits per heavy atom. The van der Waals surface area contributed by atoms with Crippen LogP contribution in [-0.2, 0) is 16.0 Å². The molecule has 1 aliphatic carbocycles. The smallest absolute Gasteiger partial charge is 0.228 e. The molecule has 2 amide bonds. The highest BCUT2D eigenvalue weighted by Gasteiger charge is 2.49. The van der Waals surface area contributed by atoms with Gasteiger partial charge in [0.15, 0.2) is 0 Å². The van der Waals surface area contributed by atoms with E-state index in [-0.39, 0.29) is 23.7 Å². The zero-order valence-electron chi connectivity index (χ0n) is 17.4. The highest BCUT2D eigenvalue weighted by Crippen LogP contribution is 2.41. The van der Waals surface area contributed by atoms with Gasteiger partial charge in [-0.2, -0.15) is 0 Å². The zero-order valence-corrected chi connectivity index (χ0v) is 17.4. The quantitative estimate of drug-likeness (QED) is 0.825. The average molecular weight is 391 g/mol. The summed E-state index contributed by atoms with van der Waals surface area (Å²) in [5, 5.41) is 3.03. The topological polar surface area (TPSA) is 49.4 Å². The van der Waals surface area contributed by atoms with E-state index in [4.69, 9.17) is 0 Å². The average Bonchev–Trinajstić information content (AvgIpc) is 3.53. The summed E-state index contributed by atoms with van der Waals surface area (Å²) in [6.45, 7) is 5.69. The maximum atomic E-state index is 12.9. The number of hydrogen-bond donors (Lipinski definition) is 1. The number of nitrogens with one attached hydrogen (secondary N) is 1. The number of piperidine rings is 1. The van der Waals surface area contributed by atoms with Crippen molar-refractivity contribution >= 4 is 17.5 Å². The van der Waals surface area contributed by atoms with E-state index in [0.29, 0.717) is 12.3 Å². The molecule has 4 rings (SSSR count). The summed E-state index contributed by atoms with van der Waals surface area (Å²) in [6.07, 6.45) is 3.87. The summed E-state index contributed by atoms with van der Waals surface area (Å²) >= 11 is 0. The zero-order chi connectivity index (χ0) is 20.4. The molecule has 152 valence electrons. The van der Waals surface area contributed by atoms with Crippen molar-refractivity contribution in [2.75, 3.05) is 18.4 Å². The monoisotopic (exact) mass is 390 g/mol. The number of likely N-dealkylation sites (tertiary alicyclic amines) is 1. The maximum absolute atomic E-state index is 12.9. The van der Waals surface area contributed by atoms with Gasteiger partial charge in [-0.3, -0.25) is 9.59 Å². The molecule has 1 N–H and O–H groups in total. The van der Waals surface area contributed by atoms with Crippen molar-refractivity contribution in [3.05, 3.63) is 65.2 Å². The fraction of sp³-hybridized carbons (Fsp3) is 0.440. The van der Waals surface area contributed by atoms with Gasteiger partial charge < -0.3 is 10.2 Å². The number of rotatable bonds is 5. The number of aryl methyl sites for hydroxylation is 1. The molecule has 0 radical (unpaired) electrons. The molecule has 0 spiro atoms. The van der Waals surface area contributed by atoms with Crippen molar-refractivity contribution in [3.63, 3.8) is 0 Å². The molecule has 2 aromatic carbocycles. The first-order valence-electron chi connectivity index (χ1n) is 10.7. The second kappa shape index (κ2) is 8.40. The number of amides is 2. The molecule has 2 aromatic rings. The lowest BCUT2D eigenvalue weighted by Gasteiger charge is -2.32. The number of carbonyl (C=O) groups is 2. The van der Waals surface area contributed by atoms with Crippen molar-refractivity contribution in [3.8, 4) is 0 Å². The molecule has 1 saturated heterocycles. The molecule has 1 heterocycles. The molecule has 1 saturated carbocycles. The van der Waals surface area contributed by atoms with Gasteiger partial charge in [-0.05, 0) is 68.2 Å². The molecule has 4 nitrogen and oxygen atoms in total. The number of nitrogens with zero attached hydrogens (tertiary/aromatic N) is 1. The summed E-state index contributed by atoms with van der Waals surface area (Å²) in [5.74, 6) is 0.486. The van der Waals surface area contributed by atoms with E-state index in [1.165, 1.54) is 5.56 Å². The Kier molecular flexibility index (Phi) is 5.70. The fourth-order valence-electron chi connectivity index (χ4n) is 4.41. The Bertz CT molecular complexity index is 885. The molecule has 0 bridgehead atoms. The predicted octanol–water partition coefficient (Wildman–Crippen LogP) is 4.36. The summed E-state index contributed by atoms with van der Waals surface area (Å²) < 4.78 is 0. The van der Waals surface area contributed by atoms with Crippen molar-refractivity contribution in [2.24, 2.45) is 17.8 Å². The van der Waals surface area contributed by atoms with Gasteiger partial charge in [-0.15, -0.1) is 0 Å². The maximum Gasteiger partial charge on any atom is 0.228 e. The molecule has 29 heavy (non-hydrogen) atoms. The second-order valence-electron chi connectivity index (χ2n) is 8.64. The minimum Gasteiger partial charge on any atom is -0.342 e. The highest BCUT2D eigenvalue weighted by atomic mass is 16.2. The highest BCUT2D eigenvalue weighted by molar-refractivity contribution is 6.00. The van der Waals surface area contributed by atoms with Crippen molar-refractivity contribution in [1.29, 1.82) is 0 Å². The van der Waals surface area contributed by atoms with Crippen LogP contribution in [0.2, 0.25) is 0 Å². The number of hydrogen-bond acceptors (Lipinski definition) is 2. The van der Waals surface area contributed by atoms with E-state index < -0.39 is 0 Å². The van der Waals surface area contributed by atoms with E-state index in [1.807, 2.05) is 43.0 Å². The Labute approximate surface area is 173 Å². The molecule has 2 fully saturated rings. The molecule has 1 aliphatic heterocycles. The van der Waals surface area contributed by atoms with Crippen LogP contribution in [0.1, 0.15) is 36.0 Å². The summed E-state index contributed by atoms with van der Waals surface area (Å²) in [4.78, 5) is 27.5. The van der Waals surface area contributed by atoms with E-state index in [9.17, 15) is 9.59 Å². The largest absolute Gasteiger partial charge is 0.342 e.